The van der Waals surface area contributed by atoms with Crippen molar-refractivity contribution in [2.24, 2.45) is 5.92 Å². The number of unbranched alkanes of at least 4 members (excludes halogenated alkanes) is 1. The molecule has 1 saturated heterocycles. The minimum absolute atomic E-state index is 0.0182. The predicted molar refractivity (Wildman–Crippen MR) is 122 cm³/mol. The molecule has 7 nitrogen and oxygen atoms in total. The lowest BCUT2D eigenvalue weighted by molar-refractivity contribution is -0.151. The zero-order chi connectivity index (χ0) is 22.8. The van der Waals surface area contributed by atoms with Crippen LogP contribution in [0.1, 0.15) is 57.1 Å². The Kier molecular flexibility index (Phi) is 9.82. The Morgan fingerprint density at radius 2 is 1.87 bits per heavy atom. The van der Waals surface area contributed by atoms with Gasteiger partial charge in [-0.25, -0.2) is 4.79 Å². The van der Waals surface area contributed by atoms with Crippen molar-refractivity contribution in [3.8, 4) is 0 Å². The van der Waals surface area contributed by atoms with Crippen LogP contribution in [0.4, 0.5) is 10.5 Å². The number of aryl methyl sites for hydroxylation is 2. The highest BCUT2D eigenvalue weighted by Gasteiger charge is 2.29. The van der Waals surface area contributed by atoms with E-state index in [0.29, 0.717) is 32.8 Å². The number of piperidine rings is 1. The van der Waals surface area contributed by atoms with Crippen LogP contribution in [0.3, 0.4) is 0 Å². The van der Waals surface area contributed by atoms with Crippen LogP contribution < -0.4 is 5.32 Å². The lowest BCUT2D eigenvalue weighted by Crippen LogP contribution is -2.44. The number of carbonyl (C=O) groups excluding carboxylic acids is 3. The van der Waals surface area contributed by atoms with Crippen molar-refractivity contribution in [3.05, 3.63) is 29.3 Å². The number of amides is 3. The molecule has 1 fully saturated rings. The average Bonchev–Trinajstić information content (AvgIpc) is 2.76. The van der Waals surface area contributed by atoms with Crippen molar-refractivity contribution in [1.29, 1.82) is 0 Å². The number of rotatable bonds is 9. The topological polar surface area (TPSA) is 79.0 Å². The summed E-state index contributed by atoms with van der Waals surface area (Å²) in [6.45, 7) is 10.2. The number of hydrogen-bond donors (Lipinski definition) is 1. The summed E-state index contributed by atoms with van der Waals surface area (Å²) < 4.78 is 5.12. The number of ether oxygens (including phenoxy) is 1. The van der Waals surface area contributed by atoms with Crippen LogP contribution in [-0.2, 0) is 14.3 Å². The molecule has 31 heavy (non-hydrogen) atoms. The van der Waals surface area contributed by atoms with Gasteiger partial charge in [0.2, 0.25) is 5.91 Å². The van der Waals surface area contributed by atoms with Crippen molar-refractivity contribution in [2.75, 3.05) is 38.1 Å². The summed E-state index contributed by atoms with van der Waals surface area (Å²) in [6, 6.07) is 5.73. The van der Waals surface area contributed by atoms with Crippen molar-refractivity contribution < 1.29 is 19.1 Å². The molecule has 2 rings (SSSR count). The molecule has 0 aliphatic carbocycles. The van der Waals surface area contributed by atoms with Crippen molar-refractivity contribution in [1.82, 2.24) is 9.80 Å². The SMILES string of the molecule is CCCCN(CCC(=O)N1CCCC(C(=O)OCC)C1)C(=O)Nc1c(C)cccc1C. The molecule has 1 N–H and O–H groups in total. The third-order valence-electron chi connectivity index (χ3n) is 5.77. The molecule has 0 saturated carbocycles. The fraction of sp³-hybridized carbons (Fsp3) is 0.625. The summed E-state index contributed by atoms with van der Waals surface area (Å²) in [5.41, 5.74) is 2.85. The molecule has 1 aromatic carbocycles. The summed E-state index contributed by atoms with van der Waals surface area (Å²) in [4.78, 5) is 41.3. The molecule has 7 heteroatoms. The highest BCUT2D eigenvalue weighted by molar-refractivity contribution is 5.91. The van der Waals surface area contributed by atoms with E-state index in [2.05, 4.69) is 12.2 Å². The van der Waals surface area contributed by atoms with Gasteiger partial charge in [-0.1, -0.05) is 31.5 Å². The molecule has 1 aliphatic heterocycles. The van der Waals surface area contributed by atoms with E-state index in [-0.39, 0.29) is 30.2 Å². The average molecular weight is 432 g/mol. The maximum absolute atomic E-state index is 13.0. The molecule has 0 bridgehead atoms. The first-order chi connectivity index (χ1) is 14.9. The molecule has 1 aromatic rings. The quantitative estimate of drug-likeness (QED) is 0.596. The third-order valence-corrected chi connectivity index (χ3v) is 5.77. The first-order valence-corrected chi connectivity index (χ1v) is 11.4. The molecule has 0 spiro atoms. The largest absolute Gasteiger partial charge is 0.466 e. The first-order valence-electron chi connectivity index (χ1n) is 11.4. The van der Waals surface area contributed by atoms with Gasteiger partial charge >= 0.3 is 12.0 Å². The second-order valence-corrected chi connectivity index (χ2v) is 8.22. The summed E-state index contributed by atoms with van der Waals surface area (Å²) >= 11 is 0. The van der Waals surface area contributed by atoms with Gasteiger partial charge in [0.05, 0.1) is 12.5 Å². The van der Waals surface area contributed by atoms with Gasteiger partial charge in [-0.15, -0.1) is 0 Å². The number of carbonyl (C=O) groups is 3. The van der Waals surface area contributed by atoms with Crippen LogP contribution in [0, 0.1) is 19.8 Å². The molecule has 172 valence electrons. The van der Waals surface area contributed by atoms with E-state index >= 15 is 0 Å². The summed E-state index contributed by atoms with van der Waals surface area (Å²) in [5, 5.41) is 3.03. The maximum Gasteiger partial charge on any atom is 0.321 e. The molecule has 1 unspecified atom stereocenters. The lowest BCUT2D eigenvalue weighted by atomic mass is 9.98. The fourth-order valence-electron chi connectivity index (χ4n) is 3.91. The zero-order valence-electron chi connectivity index (χ0n) is 19.4. The zero-order valence-corrected chi connectivity index (χ0v) is 19.4. The van der Waals surface area contributed by atoms with Gasteiger partial charge in [-0.3, -0.25) is 9.59 Å². The number of benzene rings is 1. The van der Waals surface area contributed by atoms with Gasteiger partial charge < -0.3 is 19.9 Å². The minimum Gasteiger partial charge on any atom is -0.466 e. The highest BCUT2D eigenvalue weighted by Crippen LogP contribution is 2.21. The minimum atomic E-state index is -0.249. The summed E-state index contributed by atoms with van der Waals surface area (Å²) in [6.07, 6.45) is 3.64. The highest BCUT2D eigenvalue weighted by atomic mass is 16.5. The Morgan fingerprint density at radius 3 is 2.52 bits per heavy atom. The third kappa shape index (κ3) is 7.26. The first kappa shape index (κ1) is 24.7. The van der Waals surface area contributed by atoms with Gasteiger partial charge in [0.25, 0.3) is 0 Å². The van der Waals surface area contributed by atoms with Gasteiger partial charge in [0.1, 0.15) is 0 Å². The van der Waals surface area contributed by atoms with Gasteiger partial charge in [-0.05, 0) is 51.2 Å². The number of esters is 1. The molecular weight excluding hydrogens is 394 g/mol. The second-order valence-electron chi connectivity index (χ2n) is 8.22. The Hall–Kier alpha value is -2.57. The van der Waals surface area contributed by atoms with E-state index in [4.69, 9.17) is 4.74 Å². The van der Waals surface area contributed by atoms with E-state index < -0.39 is 0 Å². The van der Waals surface area contributed by atoms with Crippen LogP contribution in [0.15, 0.2) is 18.2 Å². The predicted octanol–water partition coefficient (Wildman–Crippen LogP) is 4.13. The molecule has 1 heterocycles. The maximum atomic E-state index is 13.0. The van der Waals surface area contributed by atoms with Gasteiger partial charge in [-0.2, -0.15) is 0 Å². The lowest BCUT2D eigenvalue weighted by Gasteiger charge is -2.32. The number of nitrogens with one attached hydrogen (secondary N) is 1. The number of urea groups is 1. The molecule has 0 radical (unpaired) electrons. The summed E-state index contributed by atoms with van der Waals surface area (Å²) in [7, 11) is 0. The van der Waals surface area contributed by atoms with E-state index in [9.17, 15) is 14.4 Å². The Morgan fingerprint density at radius 1 is 1.16 bits per heavy atom. The smallest absolute Gasteiger partial charge is 0.321 e. The number of hydrogen-bond acceptors (Lipinski definition) is 4. The van der Waals surface area contributed by atoms with Crippen molar-refractivity contribution >= 4 is 23.6 Å². The Balaban J connectivity index is 1.96. The van der Waals surface area contributed by atoms with Crippen LogP contribution in [0.2, 0.25) is 0 Å². The number of para-hydroxylation sites is 1. The van der Waals surface area contributed by atoms with E-state index in [1.165, 1.54) is 0 Å². The van der Waals surface area contributed by atoms with E-state index in [1.807, 2.05) is 32.0 Å². The number of anilines is 1. The molecule has 0 aromatic heterocycles. The van der Waals surface area contributed by atoms with Crippen LogP contribution in [0.5, 0.6) is 0 Å². The number of nitrogens with zero attached hydrogens (tertiary/aromatic N) is 2. The molecule has 1 atom stereocenters. The Bertz CT molecular complexity index is 745. The van der Waals surface area contributed by atoms with E-state index in [1.54, 1.807) is 16.7 Å². The van der Waals surface area contributed by atoms with Crippen molar-refractivity contribution in [2.45, 2.75) is 59.8 Å². The standard InChI is InChI=1S/C24H37N3O4/c1-5-7-14-26(24(30)25-22-18(3)10-8-11-19(22)4)16-13-21(28)27-15-9-12-20(17-27)23(29)31-6-2/h8,10-11,20H,5-7,9,12-17H2,1-4H3,(H,25,30). The van der Waals surface area contributed by atoms with Gasteiger partial charge in [0.15, 0.2) is 0 Å². The molecular formula is C24H37N3O4. The number of likely N-dealkylation sites (tertiary alicyclic amines) is 1. The van der Waals surface area contributed by atoms with E-state index in [0.717, 1.165) is 42.5 Å². The second kappa shape index (κ2) is 12.3. The molecule has 1 aliphatic rings. The van der Waals surface area contributed by atoms with Crippen LogP contribution >= 0.6 is 0 Å². The normalized spacial score (nSPS) is 16.0. The Labute approximate surface area is 186 Å². The summed E-state index contributed by atoms with van der Waals surface area (Å²) in [5.74, 6) is -0.492. The monoisotopic (exact) mass is 431 g/mol. The molecule has 3 amide bonds. The van der Waals surface area contributed by atoms with Crippen molar-refractivity contribution in [3.63, 3.8) is 0 Å². The van der Waals surface area contributed by atoms with Crippen LogP contribution in [0.25, 0.3) is 0 Å². The fourth-order valence-corrected chi connectivity index (χ4v) is 3.91. The van der Waals surface area contributed by atoms with Gasteiger partial charge in [0, 0.05) is 38.3 Å². The van der Waals surface area contributed by atoms with Crippen LogP contribution in [-0.4, -0.2) is 60.5 Å².